The first-order valence-corrected chi connectivity index (χ1v) is 6.57. The van der Waals surface area contributed by atoms with Gasteiger partial charge in [0.15, 0.2) is 0 Å². The van der Waals surface area contributed by atoms with E-state index in [0.29, 0.717) is 12.1 Å². The van der Waals surface area contributed by atoms with Crippen molar-refractivity contribution in [2.45, 2.75) is 12.5 Å². The van der Waals surface area contributed by atoms with Gasteiger partial charge in [0.1, 0.15) is 5.75 Å². The predicted octanol–water partition coefficient (Wildman–Crippen LogP) is 3.48. The zero-order valence-corrected chi connectivity index (χ0v) is 11.3. The molecular weight excluding hydrogens is 250 g/mol. The van der Waals surface area contributed by atoms with Crippen LogP contribution in [0.2, 0.25) is 0 Å². The van der Waals surface area contributed by atoms with Crippen LogP contribution in [0.5, 0.6) is 5.75 Å². The van der Waals surface area contributed by atoms with Gasteiger partial charge < -0.3 is 15.5 Å². The summed E-state index contributed by atoms with van der Waals surface area (Å²) in [6.45, 7) is 3.81. The maximum Gasteiger partial charge on any atom is 0.138 e. The van der Waals surface area contributed by atoms with Gasteiger partial charge in [-0.05, 0) is 29.7 Å². The van der Waals surface area contributed by atoms with E-state index in [0.717, 1.165) is 11.1 Å². The number of aliphatic hydroxyl groups is 1. The molecule has 1 atom stereocenters. The lowest BCUT2D eigenvalue weighted by Gasteiger charge is -2.21. The average molecular weight is 269 g/mol. The number of anilines is 1. The number of aliphatic hydroxyl groups excluding tert-OH is 1. The number of phenols is 1. The second kappa shape index (κ2) is 6.78. The summed E-state index contributed by atoms with van der Waals surface area (Å²) in [5.74, 6) is 0.211. The van der Waals surface area contributed by atoms with Crippen LogP contribution in [0.1, 0.15) is 18.0 Å². The molecule has 0 aliphatic rings. The molecular formula is C17H19NO2. The van der Waals surface area contributed by atoms with E-state index in [-0.39, 0.29) is 18.4 Å². The molecule has 0 aliphatic heterocycles. The zero-order valence-electron chi connectivity index (χ0n) is 11.3. The predicted molar refractivity (Wildman–Crippen MR) is 81.8 cm³/mol. The van der Waals surface area contributed by atoms with Crippen molar-refractivity contribution >= 4 is 5.69 Å². The molecule has 3 nitrogen and oxygen atoms in total. The van der Waals surface area contributed by atoms with Gasteiger partial charge in [0.2, 0.25) is 0 Å². The molecule has 0 saturated carbocycles. The minimum absolute atomic E-state index is 0.0359. The van der Waals surface area contributed by atoms with Crippen LogP contribution in [-0.2, 0) is 0 Å². The van der Waals surface area contributed by atoms with Gasteiger partial charge in [-0.2, -0.15) is 0 Å². The van der Waals surface area contributed by atoms with Gasteiger partial charge in [0.25, 0.3) is 0 Å². The highest BCUT2D eigenvalue weighted by molar-refractivity contribution is 5.56. The summed E-state index contributed by atoms with van der Waals surface area (Å²) >= 11 is 0. The normalized spacial score (nSPS) is 11.8. The fourth-order valence-electron chi connectivity index (χ4n) is 2.07. The average Bonchev–Trinajstić information content (AvgIpc) is 2.49. The third-order valence-electron chi connectivity index (χ3n) is 3.15. The lowest BCUT2D eigenvalue weighted by molar-refractivity contribution is 0.325. The zero-order chi connectivity index (χ0) is 14.4. The van der Waals surface area contributed by atoms with Crippen molar-refractivity contribution in [3.05, 3.63) is 72.3 Å². The topological polar surface area (TPSA) is 52.5 Å². The summed E-state index contributed by atoms with van der Waals surface area (Å²) in [4.78, 5) is 0. The highest BCUT2D eigenvalue weighted by Crippen LogP contribution is 2.29. The smallest absolute Gasteiger partial charge is 0.138 e. The van der Waals surface area contributed by atoms with E-state index in [1.165, 1.54) is 0 Å². The van der Waals surface area contributed by atoms with Gasteiger partial charge in [0.05, 0.1) is 18.3 Å². The first-order valence-electron chi connectivity index (χ1n) is 6.57. The van der Waals surface area contributed by atoms with E-state index in [2.05, 4.69) is 11.9 Å². The number of hydrogen-bond donors (Lipinski definition) is 3. The van der Waals surface area contributed by atoms with Crippen molar-refractivity contribution in [3.8, 4) is 5.75 Å². The van der Waals surface area contributed by atoms with Gasteiger partial charge in [-0.3, -0.25) is 0 Å². The molecule has 104 valence electrons. The molecule has 0 aromatic heterocycles. The Bertz CT molecular complexity index is 566. The molecule has 0 unspecified atom stereocenters. The molecule has 0 aliphatic carbocycles. The van der Waals surface area contributed by atoms with Gasteiger partial charge in [-0.1, -0.05) is 49.0 Å². The molecule has 0 radical (unpaired) electrons. The van der Waals surface area contributed by atoms with Gasteiger partial charge in [0, 0.05) is 0 Å². The Hall–Kier alpha value is -2.26. The summed E-state index contributed by atoms with van der Waals surface area (Å²) in [5.41, 5.74) is 2.51. The number of para-hydroxylation sites is 2. The van der Waals surface area contributed by atoms with Gasteiger partial charge in [-0.25, -0.2) is 0 Å². The SMILES string of the molecule is C=C(CO)C[C@H](Nc1ccccc1O)c1ccccc1. The molecule has 2 aromatic rings. The van der Waals surface area contributed by atoms with Crippen LogP contribution >= 0.6 is 0 Å². The van der Waals surface area contributed by atoms with Crippen molar-refractivity contribution in [2.75, 3.05) is 11.9 Å². The molecule has 0 saturated heterocycles. The molecule has 0 fully saturated rings. The summed E-state index contributed by atoms with van der Waals surface area (Å²) < 4.78 is 0. The Balaban J connectivity index is 2.23. The second-order valence-corrected chi connectivity index (χ2v) is 4.74. The number of rotatable bonds is 6. The summed E-state index contributed by atoms with van der Waals surface area (Å²) in [7, 11) is 0. The Morgan fingerprint density at radius 1 is 1.05 bits per heavy atom. The number of aromatic hydroxyl groups is 1. The molecule has 0 heterocycles. The third-order valence-corrected chi connectivity index (χ3v) is 3.15. The van der Waals surface area contributed by atoms with Gasteiger partial charge in [-0.15, -0.1) is 0 Å². The van der Waals surface area contributed by atoms with E-state index in [4.69, 9.17) is 0 Å². The Kier molecular flexibility index (Phi) is 4.80. The summed E-state index contributed by atoms with van der Waals surface area (Å²) in [5, 5.41) is 22.3. The van der Waals surface area contributed by atoms with Crippen molar-refractivity contribution in [3.63, 3.8) is 0 Å². The molecule has 3 N–H and O–H groups in total. The Morgan fingerprint density at radius 3 is 2.35 bits per heavy atom. The number of phenolic OH excluding ortho intramolecular Hbond substituents is 1. The van der Waals surface area contributed by atoms with Crippen LogP contribution in [0, 0.1) is 0 Å². The van der Waals surface area contributed by atoms with E-state index in [1.54, 1.807) is 12.1 Å². The highest BCUT2D eigenvalue weighted by atomic mass is 16.3. The molecule has 0 bridgehead atoms. The maximum absolute atomic E-state index is 9.86. The fraction of sp³-hybridized carbons (Fsp3) is 0.176. The third kappa shape index (κ3) is 3.62. The monoisotopic (exact) mass is 269 g/mol. The van der Waals surface area contributed by atoms with E-state index >= 15 is 0 Å². The molecule has 2 aromatic carbocycles. The molecule has 2 rings (SSSR count). The van der Waals surface area contributed by atoms with Crippen LogP contribution < -0.4 is 5.32 Å². The molecule has 0 amide bonds. The Morgan fingerprint density at radius 2 is 1.70 bits per heavy atom. The number of nitrogens with one attached hydrogen (secondary N) is 1. The molecule has 20 heavy (non-hydrogen) atoms. The minimum atomic E-state index is -0.0378. The van der Waals surface area contributed by atoms with Crippen LogP contribution in [0.3, 0.4) is 0 Å². The van der Waals surface area contributed by atoms with Crippen LogP contribution in [0.15, 0.2) is 66.7 Å². The Labute approximate surface area is 119 Å². The summed E-state index contributed by atoms with van der Waals surface area (Å²) in [6, 6.07) is 17.0. The van der Waals surface area contributed by atoms with Crippen molar-refractivity contribution in [2.24, 2.45) is 0 Å². The second-order valence-electron chi connectivity index (χ2n) is 4.74. The van der Waals surface area contributed by atoms with Gasteiger partial charge >= 0.3 is 0 Å². The van der Waals surface area contributed by atoms with Crippen LogP contribution in [-0.4, -0.2) is 16.8 Å². The quantitative estimate of drug-likeness (QED) is 0.556. The molecule has 0 spiro atoms. The fourth-order valence-corrected chi connectivity index (χ4v) is 2.07. The highest BCUT2D eigenvalue weighted by Gasteiger charge is 2.13. The van der Waals surface area contributed by atoms with Crippen LogP contribution in [0.25, 0.3) is 0 Å². The first kappa shape index (κ1) is 14.2. The lowest BCUT2D eigenvalue weighted by atomic mass is 9.99. The van der Waals surface area contributed by atoms with Crippen LogP contribution in [0.4, 0.5) is 5.69 Å². The standard InChI is InChI=1S/C17H19NO2/c1-13(12-19)11-16(14-7-3-2-4-8-14)18-15-9-5-6-10-17(15)20/h2-10,16,18-20H,1,11-12H2/t16-/m0/s1. The van der Waals surface area contributed by atoms with E-state index in [9.17, 15) is 10.2 Å². The lowest BCUT2D eigenvalue weighted by Crippen LogP contribution is -2.12. The number of benzene rings is 2. The molecule has 3 heteroatoms. The van der Waals surface area contributed by atoms with Crippen molar-refractivity contribution < 1.29 is 10.2 Å². The maximum atomic E-state index is 9.86. The minimum Gasteiger partial charge on any atom is -0.506 e. The van der Waals surface area contributed by atoms with E-state index < -0.39 is 0 Å². The largest absolute Gasteiger partial charge is 0.506 e. The van der Waals surface area contributed by atoms with Crippen molar-refractivity contribution in [1.29, 1.82) is 0 Å². The van der Waals surface area contributed by atoms with Crippen molar-refractivity contribution in [1.82, 2.24) is 0 Å². The number of hydrogen-bond acceptors (Lipinski definition) is 3. The summed E-state index contributed by atoms with van der Waals surface area (Å²) in [6.07, 6.45) is 0.606. The van der Waals surface area contributed by atoms with E-state index in [1.807, 2.05) is 42.5 Å². The first-order chi connectivity index (χ1) is 9.70.